The molecule has 0 bridgehead atoms. The third-order valence-corrected chi connectivity index (χ3v) is 6.78. The fraction of sp³-hybridized carbons (Fsp3) is 0.0476. The summed E-state index contributed by atoms with van der Waals surface area (Å²) < 4.78 is 3.98. The molecule has 0 unspecified atom stereocenters. The quantitative estimate of drug-likeness (QED) is 0.291. The van der Waals surface area contributed by atoms with Gasteiger partial charge in [0.2, 0.25) is 0 Å². The van der Waals surface area contributed by atoms with E-state index in [0.29, 0.717) is 38.1 Å². The highest BCUT2D eigenvalue weighted by molar-refractivity contribution is 9.10. The fourth-order valence-corrected chi connectivity index (χ4v) is 4.84. The summed E-state index contributed by atoms with van der Waals surface area (Å²) >= 11 is 17.3. The molecule has 0 aliphatic heterocycles. The molecule has 5 rings (SSSR count). The van der Waals surface area contributed by atoms with Crippen LogP contribution >= 0.6 is 50.5 Å². The number of fused-ring (bicyclic) bond motifs is 1. The number of aromatic nitrogens is 5. The largest absolute Gasteiger partial charge is 0.304 e. The van der Waals surface area contributed by atoms with Gasteiger partial charge >= 0.3 is 0 Å². The number of anilines is 1. The van der Waals surface area contributed by atoms with Crippen molar-refractivity contribution in [3.63, 3.8) is 0 Å². The number of carbonyl (C=O) groups is 1. The van der Waals surface area contributed by atoms with E-state index in [4.69, 9.17) is 23.2 Å². The Morgan fingerprint density at radius 1 is 1.22 bits per heavy atom. The first-order chi connectivity index (χ1) is 15.5. The van der Waals surface area contributed by atoms with Crippen LogP contribution in [0.25, 0.3) is 16.2 Å². The molecular weight excluding hydrogens is 535 g/mol. The van der Waals surface area contributed by atoms with Crippen molar-refractivity contribution in [1.29, 1.82) is 0 Å². The van der Waals surface area contributed by atoms with Crippen LogP contribution in [0.1, 0.15) is 15.9 Å². The molecule has 0 saturated carbocycles. The van der Waals surface area contributed by atoms with Crippen LogP contribution in [0, 0.1) is 0 Å². The smallest absolute Gasteiger partial charge is 0.262 e. The first kappa shape index (κ1) is 21.1. The van der Waals surface area contributed by atoms with Crippen LogP contribution in [-0.4, -0.2) is 30.3 Å². The first-order valence-electron chi connectivity index (χ1n) is 9.34. The number of hydrogen-bond donors (Lipinski definition) is 1. The second-order valence-electron chi connectivity index (χ2n) is 6.81. The number of nitrogens with zero attached hydrogens (tertiary/aromatic N) is 5. The van der Waals surface area contributed by atoms with Crippen LogP contribution in [0.2, 0.25) is 10.0 Å². The van der Waals surface area contributed by atoms with E-state index in [1.807, 2.05) is 29.6 Å². The van der Waals surface area contributed by atoms with Crippen molar-refractivity contribution in [2.45, 2.75) is 6.54 Å². The topological polar surface area (TPSA) is 77.1 Å². The van der Waals surface area contributed by atoms with Crippen molar-refractivity contribution in [3.05, 3.63) is 86.0 Å². The summed E-state index contributed by atoms with van der Waals surface area (Å²) in [7, 11) is 0. The molecule has 5 aromatic rings. The molecule has 0 atom stereocenters. The molecule has 0 aliphatic rings. The average molecular weight is 548 g/mol. The number of benzene rings is 1. The number of rotatable bonds is 5. The van der Waals surface area contributed by atoms with Crippen molar-refractivity contribution in [2.24, 2.45) is 0 Å². The van der Waals surface area contributed by atoms with E-state index in [-0.39, 0.29) is 5.91 Å². The minimum atomic E-state index is -0.355. The van der Waals surface area contributed by atoms with Gasteiger partial charge in [-0.15, -0.1) is 11.3 Å². The van der Waals surface area contributed by atoms with Crippen LogP contribution in [0.5, 0.6) is 0 Å². The molecule has 4 heterocycles. The van der Waals surface area contributed by atoms with E-state index in [0.717, 1.165) is 16.1 Å². The van der Waals surface area contributed by atoms with Crippen LogP contribution < -0.4 is 5.32 Å². The van der Waals surface area contributed by atoms with Gasteiger partial charge in [-0.25, -0.2) is 9.50 Å². The molecule has 32 heavy (non-hydrogen) atoms. The van der Waals surface area contributed by atoms with Gasteiger partial charge in [-0.3, -0.25) is 9.48 Å². The predicted molar refractivity (Wildman–Crippen MR) is 130 cm³/mol. The lowest BCUT2D eigenvalue weighted by Gasteiger charge is -2.05. The molecule has 0 aliphatic carbocycles. The number of amides is 1. The highest BCUT2D eigenvalue weighted by atomic mass is 79.9. The Morgan fingerprint density at radius 3 is 2.88 bits per heavy atom. The van der Waals surface area contributed by atoms with Crippen molar-refractivity contribution in [3.8, 4) is 10.6 Å². The molecule has 1 N–H and O–H groups in total. The van der Waals surface area contributed by atoms with E-state index < -0.39 is 0 Å². The minimum absolute atomic E-state index is 0.352. The molecule has 0 fully saturated rings. The highest BCUT2D eigenvalue weighted by Crippen LogP contribution is 2.27. The Labute approximate surface area is 204 Å². The Bertz CT molecular complexity index is 1450. The Morgan fingerprint density at radius 2 is 2.09 bits per heavy atom. The van der Waals surface area contributed by atoms with Gasteiger partial charge in [0.25, 0.3) is 5.91 Å². The Kier molecular flexibility index (Phi) is 5.73. The lowest BCUT2D eigenvalue weighted by atomic mass is 10.2. The minimum Gasteiger partial charge on any atom is -0.304 e. The lowest BCUT2D eigenvalue weighted by Crippen LogP contribution is -2.13. The normalized spacial score (nSPS) is 11.2. The molecule has 160 valence electrons. The Hall–Kier alpha value is -2.72. The lowest BCUT2D eigenvalue weighted by molar-refractivity contribution is 0.102. The molecule has 0 radical (unpaired) electrons. The highest BCUT2D eigenvalue weighted by Gasteiger charge is 2.19. The third kappa shape index (κ3) is 4.04. The SMILES string of the molecule is O=C(Nc1nn(Cc2ccc(Cl)cc2Cl)cc1Br)c1cnn2c(-c3cccs3)ccnc12. The first-order valence-corrected chi connectivity index (χ1v) is 11.8. The summed E-state index contributed by atoms with van der Waals surface area (Å²) in [6, 6.07) is 11.1. The monoisotopic (exact) mass is 546 g/mol. The molecule has 4 aromatic heterocycles. The zero-order valence-electron chi connectivity index (χ0n) is 16.2. The number of nitrogens with one attached hydrogen (secondary N) is 1. The van der Waals surface area contributed by atoms with Gasteiger partial charge in [0.1, 0.15) is 5.56 Å². The summed E-state index contributed by atoms with van der Waals surface area (Å²) in [6.07, 6.45) is 4.94. The van der Waals surface area contributed by atoms with Gasteiger partial charge in [0.15, 0.2) is 11.5 Å². The van der Waals surface area contributed by atoms with Crippen molar-refractivity contribution in [2.75, 3.05) is 5.32 Å². The molecule has 0 spiro atoms. The van der Waals surface area contributed by atoms with E-state index >= 15 is 0 Å². The molecule has 1 aromatic carbocycles. The predicted octanol–water partition coefficient (Wildman–Crippen LogP) is 6.02. The molecule has 7 nitrogen and oxygen atoms in total. The second-order valence-corrected chi connectivity index (χ2v) is 9.46. The average Bonchev–Trinajstić information content (AvgIpc) is 3.50. The van der Waals surface area contributed by atoms with Gasteiger partial charge in [0, 0.05) is 22.4 Å². The Balaban J connectivity index is 1.40. The van der Waals surface area contributed by atoms with Gasteiger partial charge in [-0.05, 0) is 51.1 Å². The maximum atomic E-state index is 13.0. The molecule has 1 amide bonds. The van der Waals surface area contributed by atoms with Crippen LogP contribution in [0.15, 0.2) is 64.8 Å². The number of hydrogen-bond acceptors (Lipinski definition) is 5. The second kappa shape index (κ2) is 8.67. The van der Waals surface area contributed by atoms with Crippen LogP contribution in [0.4, 0.5) is 5.82 Å². The standard InChI is InChI=1S/C21H13BrCl2N6OS/c22-15-11-29(10-12-3-4-13(23)8-16(12)24)28-19(15)27-21(31)14-9-26-30-17(5-6-25-20(14)30)18-2-1-7-32-18/h1-9,11H,10H2,(H,27,28,31). The summed E-state index contributed by atoms with van der Waals surface area (Å²) in [6.45, 7) is 0.424. The van der Waals surface area contributed by atoms with Crippen molar-refractivity contribution >= 4 is 67.8 Å². The number of halogens is 3. The van der Waals surface area contributed by atoms with Gasteiger partial charge in [0.05, 0.1) is 27.8 Å². The van der Waals surface area contributed by atoms with Gasteiger partial charge in [-0.2, -0.15) is 10.2 Å². The summed E-state index contributed by atoms with van der Waals surface area (Å²) in [5.74, 6) is 0.0279. The van der Waals surface area contributed by atoms with Crippen molar-refractivity contribution in [1.82, 2.24) is 24.4 Å². The molecular formula is C21H13BrCl2N6OS. The summed E-state index contributed by atoms with van der Waals surface area (Å²) in [4.78, 5) is 18.4. The zero-order valence-corrected chi connectivity index (χ0v) is 20.1. The van der Waals surface area contributed by atoms with E-state index in [9.17, 15) is 4.79 Å². The third-order valence-electron chi connectivity index (χ3n) is 4.72. The van der Waals surface area contributed by atoms with E-state index in [1.165, 1.54) is 6.20 Å². The zero-order chi connectivity index (χ0) is 22.2. The van der Waals surface area contributed by atoms with Crippen LogP contribution in [-0.2, 0) is 6.54 Å². The fourth-order valence-electron chi connectivity index (χ4n) is 3.22. The van der Waals surface area contributed by atoms with E-state index in [2.05, 4.69) is 36.4 Å². The van der Waals surface area contributed by atoms with Gasteiger partial charge < -0.3 is 5.32 Å². The summed E-state index contributed by atoms with van der Waals surface area (Å²) in [5.41, 5.74) is 2.55. The molecule has 11 heteroatoms. The van der Waals surface area contributed by atoms with Crippen molar-refractivity contribution < 1.29 is 4.79 Å². The maximum absolute atomic E-state index is 13.0. The van der Waals surface area contributed by atoms with Gasteiger partial charge in [-0.1, -0.05) is 35.3 Å². The summed E-state index contributed by atoms with van der Waals surface area (Å²) in [5, 5.41) is 14.8. The number of thiophene rings is 1. The van der Waals surface area contributed by atoms with Crippen LogP contribution in [0.3, 0.4) is 0 Å². The number of carbonyl (C=O) groups excluding carboxylic acids is 1. The van der Waals surface area contributed by atoms with E-state index in [1.54, 1.807) is 45.1 Å². The molecule has 0 saturated heterocycles. The maximum Gasteiger partial charge on any atom is 0.262 e.